The van der Waals surface area contributed by atoms with E-state index in [1.165, 1.54) is 30.7 Å². The second-order valence-corrected chi connectivity index (χ2v) is 3.71. The molecule has 0 aliphatic carbocycles. The Hall–Kier alpha value is -0.120. The van der Waals surface area contributed by atoms with E-state index in [-0.39, 0.29) is 0 Å². The summed E-state index contributed by atoms with van der Waals surface area (Å²) in [5, 5.41) is 0. The average molecular weight is 188 g/mol. The van der Waals surface area contributed by atoms with Gasteiger partial charge in [0, 0.05) is 12.8 Å². The largest absolute Gasteiger partial charge is 0.330 e. The maximum atomic E-state index is 5.54. The van der Waals surface area contributed by atoms with E-state index in [1.54, 1.807) is 0 Å². The lowest BCUT2D eigenvalue weighted by molar-refractivity contribution is -0.925. The highest BCUT2D eigenvalue weighted by molar-refractivity contribution is 4.45. The molecule has 0 spiro atoms. The zero-order valence-corrected chi connectivity index (χ0v) is 9.26. The van der Waals surface area contributed by atoms with E-state index in [0.717, 1.165) is 25.9 Å². The normalized spacial score (nSPS) is 12.0. The lowest BCUT2D eigenvalue weighted by atomic mass is 10.2. The van der Waals surface area contributed by atoms with Crippen LogP contribution in [0.3, 0.4) is 0 Å². The number of quaternary nitrogens is 1. The molecule has 3 heteroatoms. The first-order valence-corrected chi connectivity index (χ1v) is 5.50. The summed E-state index contributed by atoms with van der Waals surface area (Å²) in [7, 11) is 0. The number of hydrogen-bond acceptors (Lipinski definition) is 2. The average Bonchev–Trinajstić information content (AvgIpc) is 2.20. The minimum absolute atomic E-state index is 0.808. The molecule has 0 atom stereocenters. The summed E-state index contributed by atoms with van der Waals surface area (Å²) in [6, 6.07) is 0. The quantitative estimate of drug-likeness (QED) is 0.546. The molecule has 0 saturated carbocycles. The lowest BCUT2D eigenvalue weighted by Gasteiger charge is -2.37. The summed E-state index contributed by atoms with van der Waals surface area (Å²) in [4.78, 5) is 0. The van der Waals surface area contributed by atoms with Gasteiger partial charge in [-0.2, -0.15) is 0 Å². The molecule has 0 aromatic carbocycles. The van der Waals surface area contributed by atoms with Gasteiger partial charge in [0.15, 0.2) is 0 Å². The fourth-order valence-corrected chi connectivity index (χ4v) is 1.82. The number of nitrogens with zero attached hydrogens (tertiary/aromatic N) is 1. The SMILES string of the molecule is CC[N+](CC)(CCCN)CCCN. The fourth-order valence-electron chi connectivity index (χ4n) is 1.82. The van der Waals surface area contributed by atoms with Crippen LogP contribution in [-0.4, -0.2) is 43.8 Å². The van der Waals surface area contributed by atoms with Crippen LogP contribution in [-0.2, 0) is 0 Å². The van der Waals surface area contributed by atoms with Crippen LogP contribution in [0.4, 0.5) is 0 Å². The number of rotatable bonds is 8. The van der Waals surface area contributed by atoms with Crippen molar-refractivity contribution in [3.05, 3.63) is 0 Å². The van der Waals surface area contributed by atoms with Crippen LogP contribution in [0.25, 0.3) is 0 Å². The van der Waals surface area contributed by atoms with Crippen LogP contribution < -0.4 is 11.5 Å². The third-order valence-corrected chi connectivity index (χ3v) is 3.01. The molecule has 13 heavy (non-hydrogen) atoms. The molecular weight excluding hydrogens is 162 g/mol. The monoisotopic (exact) mass is 188 g/mol. The molecule has 0 aliphatic rings. The van der Waals surface area contributed by atoms with Crippen molar-refractivity contribution in [3.63, 3.8) is 0 Å². The van der Waals surface area contributed by atoms with Crippen LogP contribution in [0.5, 0.6) is 0 Å². The smallest absolute Gasteiger partial charge is 0.0798 e. The van der Waals surface area contributed by atoms with E-state index in [2.05, 4.69) is 13.8 Å². The van der Waals surface area contributed by atoms with Gasteiger partial charge in [0.25, 0.3) is 0 Å². The maximum Gasteiger partial charge on any atom is 0.0798 e. The second kappa shape index (κ2) is 7.30. The molecular formula is C10H26N3+. The molecule has 0 amide bonds. The van der Waals surface area contributed by atoms with Gasteiger partial charge in [-0.15, -0.1) is 0 Å². The number of hydrogen-bond donors (Lipinski definition) is 2. The Balaban J connectivity index is 3.97. The first-order valence-electron chi connectivity index (χ1n) is 5.50. The third kappa shape index (κ3) is 4.60. The van der Waals surface area contributed by atoms with Crippen molar-refractivity contribution in [3.8, 4) is 0 Å². The van der Waals surface area contributed by atoms with Gasteiger partial charge in [0.05, 0.1) is 26.2 Å². The zero-order valence-electron chi connectivity index (χ0n) is 9.26. The van der Waals surface area contributed by atoms with Crippen LogP contribution in [0.1, 0.15) is 26.7 Å². The Labute approximate surface area is 82.7 Å². The molecule has 0 bridgehead atoms. The Kier molecular flexibility index (Phi) is 7.23. The van der Waals surface area contributed by atoms with Crippen molar-refractivity contribution in [2.45, 2.75) is 26.7 Å². The molecule has 0 fully saturated rings. The fraction of sp³-hybridized carbons (Fsp3) is 1.00. The number of nitrogens with two attached hydrogens (primary N) is 2. The van der Waals surface area contributed by atoms with Crippen molar-refractivity contribution < 1.29 is 4.48 Å². The first-order chi connectivity index (χ1) is 6.24. The summed E-state index contributed by atoms with van der Waals surface area (Å²) in [6.07, 6.45) is 2.26. The van der Waals surface area contributed by atoms with Gasteiger partial charge in [0.2, 0.25) is 0 Å². The molecule has 80 valence electrons. The Morgan fingerprint density at radius 3 is 1.46 bits per heavy atom. The van der Waals surface area contributed by atoms with Gasteiger partial charge in [0.1, 0.15) is 0 Å². The standard InChI is InChI=1S/C10H26N3/c1-3-13(4-2,9-5-7-11)10-6-8-12/h3-12H2,1-2H3/q+1. The van der Waals surface area contributed by atoms with Crippen molar-refractivity contribution in [1.29, 1.82) is 0 Å². The summed E-state index contributed by atoms with van der Waals surface area (Å²) in [5.74, 6) is 0. The predicted molar refractivity (Wildman–Crippen MR) is 58.4 cm³/mol. The molecule has 0 aromatic heterocycles. The van der Waals surface area contributed by atoms with Gasteiger partial charge >= 0.3 is 0 Å². The van der Waals surface area contributed by atoms with E-state index in [0.29, 0.717) is 0 Å². The van der Waals surface area contributed by atoms with Crippen molar-refractivity contribution in [1.82, 2.24) is 0 Å². The molecule has 0 aliphatic heterocycles. The molecule has 0 radical (unpaired) electrons. The van der Waals surface area contributed by atoms with Gasteiger partial charge in [-0.25, -0.2) is 0 Å². The van der Waals surface area contributed by atoms with Crippen LogP contribution in [0.15, 0.2) is 0 Å². The van der Waals surface area contributed by atoms with E-state index >= 15 is 0 Å². The Morgan fingerprint density at radius 1 is 0.846 bits per heavy atom. The van der Waals surface area contributed by atoms with Crippen molar-refractivity contribution >= 4 is 0 Å². The van der Waals surface area contributed by atoms with Crippen LogP contribution >= 0.6 is 0 Å². The summed E-state index contributed by atoms with van der Waals surface area (Å²) >= 11 is 0. The highest BCUT2D eigenvalue weighted by Gasteiger charge is 2.21. The molecule has 0 aromatic rings. The van der Waals surface area contributed by atoms with Crippen LogP contribution in [0, 0.1) is 0 Å². The lowest BCUT2D eigenvalue weighted by Crippen LogP contribution is -2.50. The van der Waals surface area contributed by atoms with E-state index in [1.807, 2.05) is 0 Å². The molecule has 0 rings (SSSR count). The third-order valence-electron chi connectivity index (χ3n) is 3.01. The van der Waals surface area contributed by atoms with Gasteiger partial charge in [-0.3, -0.25) is 0 Å². The highest BCUT2D eigenvalue weighted by Crippen LogP contribution is 2.08. The minimum atomic E-state index is 0.808. The van der Waals surface area contributed by atoms with E-state index in [4.69, 9.17) is 11.5 Å². The first kappa shape index (κ1) is 12.9. The van der Waals surface area contributed by atoms with Crippen molar-refractivity contribution in [2.24, 2.45) is 11.5 Å². The summed E-state index contributed by atoms with van der Waals surface area (Å²) < 4.78 is 1.19. The van der Waals surface area contributed by atoms with Gasteiger partial charge < -0.3 is 16.0 Å². The summed E-state index contributed by atoms with van der Waals surface area (Å²) in [5.41, 5.74) is 11.1. The zero-order chi connectivity index (χ0) is 10.2. The minimum Gasteiger partial charge on any atom is -0.330 e. The highest BCUT2D eigenvalue weighted by atomic mass is 15.3. The molecule has 0 unspecified atom stereocenters. The van der Waals surface area contributed by atoms with Gasteiger partial charge in [-0.05, 0) is 26.9 Å². The molecule has 0 heterocycles. The topological polar surface area (TPSA) is 52.0 Å². The van der Waals surface area contributed by atoms with Crippen LogP contribution in [0.2, 0.25) is 0 Å². The summed E-state index contributed by atoms with van der Waals surface area (Å²) in [6.45, 7) is 11.0. The Morgan fingerprint density at radius 2 is 1.23 bits per heavy atom. The molecule has 4 N–H and O–H groups in total. The van der Waals surface area contributed by atoms with E-state index < -0.39 is 0 Å². The maximum absolute atomic E-state index is 5.54. The molecule has 0 saturated heterocycles. The van der Waals surface area contributed by atoms with Crippen molar-refractivity contribution in [2.75, 3.05) is 39.3 Å². The second-order valence-electron chi connectivity index (χ2n) is 3.71. The molecule has 3 nitrogen and oxygen atoms in total. The van der Waals surface area contributed by atoms with E-state index in [9.17, 15) is 0 Å². The predicted octanol–water partition coefficient (Wildman–Crippen LogP) is 0.541. The Bertz CT molecular complexity index is 101. The van der Waals surface area contributed by atoms with Gasteiger partial charge in [-0.1, -0.05) is 0 Å².